The van der Waals surface area contributed by atoms with Crippen LogP contribution in [-0.2, 0) is 0 Å². The van der Waals surface area contributed by atoms with E-state index in [1.54, 1.807) is 27.2 Å². The fourth-order valence-electron chi connectivity index (χ4n) is 2.80. The summed E-state index contributed by atoms with van der Waals surface area (Å²) in [7, 11) is 5.07. The highest BCUT2D eigenvalue weighted by Gasteiger charge is 2.16. The highest BCUT2D eigenvalue weighted by Crippen LogP contribution is 2.30. The Balaban J connectivity index is 2.44. The number of ether oxygens (including phenoxy) is 1. The van der Waals surface area contributed by atoms with E-state index < -0.39 is 6.10 Å². The monoisotopic (exact) mass is 428 g/mol. The van der Waals surface area contributed by atoms with Crippen LogP contribution in [0.2, 0.25) is 0 Å². The molecule has 0 fully saturated rings. The zero-order chi connectivity index (χ0) is 23.0. The van der Waals surface area contributed by atoms with Crippen LogP contribution in [0.3, 0.4) is 0 Å². The number of rotatable bonds is 10. The molecule has 1 aromatic heterocycles. The molecule has 0 bridgehead atoms. The van der Waals surface area contributed by atoms with Crippen molar-refractivity contribution in [1.29, 1.82) is 5.41 Å². The van der Waals surface area contributed by atoms with Crippen LogP contribution in [0.15, 0.2) is 30.3 Å². The Morgan fingerprint density at radius 3 is 2.68 bits per heavy atom. The molecule has 1 aromatic carbocycles. The van der Waals surface area contributed by atoms with E-state index in [1.807, 2.05) is 38.1 Å². The van der Waals surface area contributed by atoms with E-state index in [4.69, 9.17) is 15.1 Å². The number of hydrogen-bond acceptors (Lipinski definition) is 7. The summed E-state index contributed by atoms with van der Waals surface area (Å²) >= 11 is 0. The maximum Gasteiger partial charge on any atom is 0.321 e. The number of benzene rings is 1. The van der Waals surface area contributed by atoms with Gasteiger partial charge in [0.1, 0.15) is 24.3 Å². The molecule has 2 amide bonds. The first-order valence-corrected chi connectivity index (χ1v) is 10.1. The van der Waals surface area contributed by atoms with Crippen LogP contribution in [0.5, 0.6) is 5.75 Å². The highest BCUT2D eigenvalue weighted by molar-refractivity contribution is 6.00. The molecule has 0 aliphatic carbocycles. The average molecular weight is 429 g/mol. The van der Waals surface area contributed by atoms with Gasteiger partial charge in [-0.3, -0.25) is 0 Å². The summed E-state index contributed by atoms with van der Waals surface area (Å²) in [6.45, 7) is 4.55. The lowest BCUT2D eigenvalue weighted by Crippen LogP contribution is -2.29. The van der Waals surface area contributed by atoms with Crippen LogP contribution in [-0.4, -0.2) is 73.7 Å². The van der Waals surface area contributed by atoms with Gasteiger partial charge in [0, 0.05) is 38.5 Å². The van der Waals surface area contributed by atoms with Crippen LogP contribution in [0.25, 0.3) is 11.3 Å². The Morgan fingerprint density at radius 2 is 2.06 bits per heavy atom. The lowest BCUT2D eigenvalue weighted by molar-refractivity contribution is 0.108. The first kappa shape index (κ1) is 24.1. The zero-order valence-corrected chi connectivity index (χ0v) is 18.7. The summed E-state index contributed by atoms with van der Waals surface area (Å²) in [6.07, 6.45) is 0.559. The Bertz CT molecular complexity index is 901. The largest absolute Gasteiger partial charge is 0.491 e. The SMILES string of the molecule is CNCC(O)COc1cccc(-c2cc(NC(=O)N(C)C)c(C=N)c(NC(C)C)n2)c1. The molecule has 1 unspecified atom stereocenters. The minimum Gasteiger partial charge on any atom is -0.491 e. The molecule has 0 spiro atoms. The van der Waals surface area contributed by atoms with E-state index in [-0.39, 0.29) is 18.7 Å². The topological polar surface area (TPSA) is 123 Å². The van der Waals surface area contributed by atoms with Crippen LogP contribution < -0.4 is 20.7 Å². The van der Waals surface area contributed by atoms with Gasteiger partial charge in [-0.25, -0.2) is 9.78 Å². The van der Waals surface area contributed by atoms with Gasteiger partial charge >= 0.3 is 6.03 Å². The van der Waals surface area contributed by atoms with Gasteiger partial charge in [0.2, 0.25) is 0 Å². The molecule has 2 aromatic rings. The first-order chi connectivity index (χ1) is 14.7. The number of nitrogens with zero attached hydrogens (tertiary/aromatic N) is 2. The molecule has 9 heteroatoms. The summed E-state index contributed by atoms with van der Waals surface area (Å²) in [5.74, 6) is 1.11. The second kappa shape index (κ2) is 11.3. The first-order valence-electron chi connectivity index (χ1n) is 10.1. The standard InChI is InChI=1S/C22H32N6O3/c1-14(2)25-21-18(11-23)20(27-22(30)28(4)5)10-19(26-21)15-7-6-8-17(9-15)31-13-16(29)12-24-3/h6-11,14,16,23-24,29H,12-13H2,1-5H3,(H2,25,26,27,30). The molecular weight excluding hydrogens is 396 g/mol. The quantitative estimate of drug-likeness (QED) is 0.371. The maximum atomic E-state index is 12.3. The van der Waals surface area contributed by atoms with Gasteiger partial charge < -0.3 is 36.1 Å². The van der Waals surface area contributed by atoms with Crippen molar-refractivity contribution in [3.05, 3.63) is 35.9 Å². The normalized spacial score (nSPS) is 11.7. The van der Waals surface area contributed by atoms with Crippen LogP contribution in [0.4, 0.5) is 16.3 Å². The molecule has 9 nitrogen and oxygen atoms in total. The van der Waals surface area contributed by atoms with E-state index in [2.05, 4.69) is 16.0 Å². The number of aliphatic hydroxyl groups is 1. The number of pyridine rings is 1. The summed E-state index contributed by atoms with van der Waals surface area (Å²) < 4.78 is 5.70. The van der Waals surface area contributed by atoms with Crippen molar-refractivity contribution < 1.29 is 14.6 Å². The molecule has 2 rings (SSSR count). The van der Waals surface area contributed by atoms with Gasteiger partial charge in [0.05, 0.1) is 16.9 Å². The van der Waals surface area contributed by atoms with Crippen LogP contribution in [0.1, 0.15) is 19.4 Å². The van der Waals surface area contributed by atoms with Gasteiger partial charge in [0.25, 0.3) is 0 Å². The van der Waals surface area contributed by atoms with E-state index >= 15 is 0 Å². The third kappa shape index (κ3) is 6.94. The molecule has 0 saturated carbocycles. The fourth-order valence-corrected chi connectivity index (χ4v) is 2.80. The lowest BCUT2D eigenvalue weighted by Gasteiger charge is -2.19. The Hall–Kier alpha value is -3.17. The van der Waals surface area contributed by atoms with Crippen molar-refractivity contribution in [2.75, 3.05) is 44.9 Å². The Labute approximate surface area is 183 Å². The Morgan fingerprint density at radius 1 is 1.32 bits per heavy atom. The highest BCUT2D eigenvalue weighted by atomic mass is 16.5. The number of anilines is 2. The molecule has 1 heterocycles. The lowest BCUT2D eigenvalue weighted by atomic mass is 10.1. The van der Waals surface area contributed by atoms with E-state index in [9.17, 15) is 9.90 Å². The number of aromatic nitrogens is 1. The van der Waals surface area contributed by atoms with E-state index in [1.165, 1.54) is 11.1 Å². The van der Waals surface area contributed by atoms with Crippen molar-refractivity contribution in [3.63, 3.8) is 0 Å². The number of likely N-dealkylation sites (N-methyl/N-ethyl adjacent to an activating group) is 1. The predicted octanol–water partition coefficient (Wildman–Crippen LogP) is 2.62. The average Bonchev–Trinajstić information content (AvgIpc) is 2.72. The molecule has 0 radical (unpaired) electrons. The summed E-state index contributed by atoms with van der Waals surface area (Å²) in [4.78, 5) is 18.4. The van der Waals surface area contributed by atoms with Crippen molar-refractivity contribution in [2.24, 2.45) is 0 Å². The minimum absolute atomic E-state index is 0.0854. The van der Waals surface area contributed by atoms with Gasteiger partial charge in [-0.05, 0) is 39.1 Å². The predicted molar refractivity (Wildman–Crippen MR) is 124 cm³/mol. The molecule has 0 aliphatic rings. The molecule has 31 heavy (non-hydrogen) atoms. The van der Waals surface area contributed by atoms with Gasteiger partial charge in [0.15, 0.2) is 0 Å². The molecule has 0 saturated heterocycles. The van der Waals surface area contributed by atoms with Crippen molar-refractivity contribution >= 4 is 23.8 Å². The summed E-state index contributed by atoms with van der Waals surface area (Å²) in [5, 5.41) is 26.7. The van der Waals surface area contributed by atoms with Crippen molar-refractivity contribution in [1.82, 2.24) is 15.2 Å². The van der Waals surface area contributed by atoms with Crippen molar-refractivity contribution in [2.45, 2.75) is 26.0 Å². The number of hydrogen-bond donors (Lipinski definition) is 5. The second-order valence-corrected chi connectivity index (χ2v) is 7.64. The number of urea groups is 1. The summed E-state index contributed by atoms with van der Waals surface area (Å²) in [6, 6.07) is 8.89. The number of nitrogens with one attached hydrogen (secondary N) is 4. The molecular formula is C22H32N6O3. The summed E-state index contributed by atoms with van der Waals surface area (Å²) in [5.41, 5.74) is 2.38. The minimum atomic E-state index is -0.617. The molecule has 5 N–H and O–H groups in total. The molecule has 0 aliphatic heterocycles. The third-order valence-corrected chi connectivity index (χ3v) is 4.29. The van der Waals surface area contributed by atoms with Crippen LogP contribution in [0, 0.1) is 5.41 Å². The second-order valence-electron chi connectivity index (χ2n) is 7.64. The van der Waals surface area contributed by atoms with Crippen LogP contribution >= 0.6 is 0 Å². The Kier molecular flexibility index (Phi) is 8.77. The van der Waals surface area contributed by atoms with Gasteiger partial charge in [-0.1, -0.05) is 12.1 Å². The van der Waals surface area contributed by atoms with Gasteiger partial charge in [-0.2, -0.15) is 0 Å². The number of aliphatic hydroxyl groups excluding tert-OH is 1. The maximum absolute atomic E-state index is 12.3. The fraction of sp³-hybridized carbons (Fsp3) is 0.409. The smallest absolute Gasteiger partial charge is 0.321 e. The third-order valence-electron chi connectivity index (χ3n) is 4.29. The molecule has 1 atom stereocenters. The molecule has 168 valence electrons. The van der Waals surface area contributed by atoms with Crippen molar-refractivity contribution in [3.8, 4) is 17.0 Å². The zero-order valence-electron chi connectivity index (χ0n) is 18.7. The van der Waals surface area contributed by atoms with E-state index in [0.29, 0.717) is 35.1 Å². The van der Waals surface area contributed by atoms with E-state index in [0.717, 1.165) is 5.56 Å². The number of carbonyl (C=O) groups is 1. The van der Waals surface area contributed by atoms with Gasteiger partial charge in [-0.15, -0.1) is 0 Å². The number of carbonyl (C=O) groups excluding carboxylic acids is 1. The number of amides is 2.